The molecule has 1 aromatic carbocycles. The zero-order valence-electron chi connectivity index (χ0n) is 30.7. The summed E-state index contributed by atoms with van der Waals surface area (Å²) in [5.74, 6) is 0.899. The van der Waals surface area contributed by atoms with Crippen molar-refractivity contribution in [1.82, 2.24) is 0 Å². The molecule has 0 radical (unpaired) electrons. The van der Waals surface area contributed by atoms with Crippen molar-refractivity contribution in [3.05, 3.63) is 35.4 Å². The second kappa shape index (κ2) is 37.6. The van der Waals surface area contributed by atoms with Gasteiger partial charge in [0.05, 0.1) is 126 Å². The summed E-state index contributed by atoms with van der Waals surface area (Å²) in [6.45, 7) is 13.8. The molecule has 0 saturated carbocycles. The first-order chi connectivity index (χ1) is 24.3. The van der Waals surface area contributed by atoms with Crippen molar-refractivity contribution in [2.75, 3.05) is 132 Å². The van der Waals surface area contributed by atoms with Crippen LogP contribution in [0.1, 0.15) is 69.9 Å². The number of aliphatic hydroxyl groups excluding tert-OH is 1. The van der Waals surface area contributed by atoms with Crippen LogP contribution in [0.3, 0.4) is 0 Å². The maximum Gasteiger partial charge on any atom is 0.126 e. The van der Waals surface area contributed by atoms with E-state index in [4.69, 9.17) is 52.5 Å². The molecule has 49 heavy (non-hydrogen) atoms. The van der Waals surface area contributed by atoms with Crippen LogP contribution in [0, 0.1) is 0 Å². The second-order valence-electron chi connectivity index (χ2n) is 11.3. The lowest BCUT2D eigenvalue weighted by molar-refractivity contribution is -0.0258. The predicted octanol–water partition coefficient (Wildman–Crippen LogP) is 5.53. The van der Waals surface area contributed by atoms with Crippen LogP contribution < -0.4 is 4.74 Å². The number of ether oxygens (including phenoxy) is 10. The van der Waals surface area contributed by atoms with Crippen molar-refractivity contribution in [2.45, 2.75) is 65.2 Å². The van der Waals surface area contributed by atoms with E-state index in [1.54, 1.807) is 0 Å². The first-order valence-electron chi connectivity index (χ1n) is 18.5. The van der Waals surface area contributed by atoms with Crippen molar-refractivity contribution >= 4 is 6.08 Å². The fraction of sp³-hybridized carbons (Fsp3) is 0.789. The van der Waals surface area contributed by atoms with Crippen molar-refractivity contribution in [2.24, 2.45) is 0 Å². The van der Waals surface area contributed by atoms with Crippen molar-refractivity contribution < 1.29 is 52.5 Å². The lowest BCUT2D eigenvalue weighted by Crippen LogP contribution is -2.15. The third-order valence-electron chi connectivity index (χ3n) is 7.19. The number of hydrogen-bond acceptors (Lipinski definition) is 11. The number of allylic oxidation sites excluding steroid dienone is 1. The number of aliphatic hydroxyl groups is 1. The maximum atomic E-state index is 8.59. The molecule has 1 aromatic rings. The Bertz CT molecular complexity index is 840. The fourth-order valence-corrected chi connectivity index (χ4v) is 4.62. The van der Waals surface area contributed by atoms with Gasteiger partial charge in [-0.1, -0.05) is 63.7 Å². The predicted molar refractivity (Wildman–Crippen MR) is 193 cm³/mol. The van der Waals surface area contributed by atoms with Gasteiger partial charge in [0.15, 0.2) is 0 Å². The second-order valence-corrected chi connectivity index (χ2v) is 11.3. The van der Waals surface area contributed by atoms with Gasteiger partial charge < -0.3 is 52.5 Å². The summed E-state index contributed by atoms with van der Waals surface area (Å²) in [6.07, 6.45) is 14.6. The monoisotopic (exact) mass is 700 g/mol. The quantitative estimate of drug-likeness (QED) is 0.0875. The third kappa shape index (κ3) is 30.9. The molecule has 0 aliphatic rings. The van der Waals surface area contributed by atoms with Crippen LogP contribution >= 0.6 is 0 Å². The number of hydrogen-bond donors (Lipinski definition) is 1. The van der Waals surface area contributed by atoms with Crippen molar-refractivity contribution in [3.63, 3.8) is 0 Å². The molecule has 11 nitrogen and oxygen atoms in total. The number of aryl methyl sites for hydroxylation is 1. The molecule has 286 valence electrons. The molecule has 0 bridgehead atoms. The Hall–Kier alpha value is -1.64. The number of rotatable bonds is 39. The van der Waals surface area contributed by atoms with Gasteiger partial charge in [0.25, 0.3) is 0 Å². The Balaban J connectivity index is 1.84. The molecular weight excluding hydrogens is 632 g/mol. The molecule has 0 fully saturated rings. The van der Waals surface area contributed by atoms with Gasteiger partial charge in [0, 0.05) is 5.56 Å². The molecule has 0 aromatic heterocycles. The zero-order valence-corrected chi connectivity index (χ0v) is 30.7. The SMILES string of the molecule is CC=Cc1cc(CCCCCCCCC)ccc1OCCOCCOCCOCCOCCOCCOCCOCCOCCOCCO. The highest BCUT2D eigenvalue weighted by atomic mass is 16.6. The van der Waals surface area contributed by atoms with Crippen LogP contribution in [0.2, 0.25) is 0 Å². The van der Waals surface area contributed by atoms with Crippen LogP contribution in [-0.4, -0.2) is 137 Å². The summed E-state index contributed by atoms with van der Waals surface area (Å²) in [6, 6.07) is 6.54. The normalized spacial score (nSPS) is 11.7. The average Bonchev–Trinajstić information content (AvgIpc) is 3.11. The average molecular weight is 701 g/mol. The highest BCUT2D eigenvalue weighted by Crippen LogP contribution is 2.23. The van der Waals surface area contributed by atoms with Crippen LogP contribution in [0.15, 0.2) is 24.3 Å². The van der Waals surface area contributed by atoms with E-state index < -0.39 is 0 Å². The summed E-state index contributed by atoms with van der Waals surface area (Å²) >= 11 is 0. The summed E-state index contributed by atoms with van der Waals surface area (Å²) in [4.78, 5) is 0. The Morgan fingerprint density at radius 2 is 0.878 bits per heavy atom. The standard InChI is InChI=1S/C38H68O11/c1-3-5-6-7-8-9-10-12-36-13-14-38(37(35-36)11-4-2)49-34-33-48-32-31-47-30-29-46-28-27-45-26-25-44-24-23-43-22-21-42-20-19-41-18-17-40-16-15-39/h4,11,13-14,35,39H,3,5-10,12,15-34H2,1-2H3. The first kappa shape index (κ1) is 45.4. The molecule has 1 rings (SSSR count). The molecule has 0 heterocycles. The number of benzene rings is 1. The van der Waals surface area contributed by atoms with E-state index in [-0.39, 0.29) is 6.61 Å². The van der Waals surface area contributed by atoms with E-state index in [1.807, 2.05) is 6.92 Å². The van der Waals surface area contributed by atoms with E-state index in [1.165, 1.54) is 50.5 Å². The highest BCUT2D eigenvalue weighted by Gasteiger charge is 2.04. The van der Waals surface area contributed by atoms with E-state index in [0.29, 0.717) is 126 Å². The van der Waals surface area contributed by atoms with Gasteiger partial charge in [0.2, 0.25) is 0 Å². The highest BCUT2D eigenvalue weighted by molar-refractivity contribution is 5.58. The molecule has 0 aliphatic carbocycles. The maximum absolute atomic E-state index is 8.59. The molecule has 0 unspecified atom stereocenters. The van der Waals surface area contributed by atoms with E-state index in [9.17, 15) is 0 Å². The third-order valence-corrected chi connectivity index (χ3v) is 7.19. The smallest absolute Gasteiger partial charge is 0.126 e. The lowest BCUT2D eigenvalue weighted by Gasteiger charge is -2.12. The summed E-state index contributed by atoms with van der Waals surface area (Å²) in [7, 11) is 0. The first-order valence-corrected chi connectivity index (χ1v) is 18.5. The van der Waals surface area contributed by atoms with Crippen molar-refractivity contribution in [1.29, 1.82) is 0 Å². The molecule has 0 aliphatic heterocycles. The van der Waals surface area contributed by atoms with E-state index in [0.717, 1.165) is 17.7 Å². The van der Waals surface area contributed by atoms with Crippen LogP contribution in [0.4, 0.5) is 0 Å². The lowest BCUT2D eigenvalue weighted by atomic mass is 10.0. The molecule has 11 heteroatoms. The van der Waals surface area contributed by atoms with Crippen LogP contribution in [-0.2, 0) is 49.1 Å². The fourth-order valence-electron chi connectivity index (χ4n) is 4.62. The van der Waals surface area contributed by atoms with Gasteiger partial charge >= 0.3 is 0 Å². The molecule has 0 amide bonds. The largest absolute Gasteiger partial charge is 0.491 e. The Morgan fingerprint density at radius 3 is 1.29 bits per heavy atom. The van der Waals surface area contributed by atoms with Crippen LogP contribution in [0.25, 0.3) is 6.08 Å². The van der Waals surface area contributed by atoms with Gasteiger partial charge in [0.1, 0.15) is 12.4 Å². The van der Waals surface area contributed by atoms with Crippen molar-refractivity contribution in [3.8, 4) is 5.75 Å². The van der Waals surface area contributed by atoms with E-state index in [2.05, 4.69) is 37.3 Å². The molecule has 1 N–H and O–H groups in total. The summed E-state index contributed by atoms with van der Waals surface area (Å²) in [5.41, 5.74) is 2.50. The van der Waals surface area contributed by atoms with Gasteiger partial charge in [-0.15, -0.1) is 0 Å². The Labute approximate surface area is 296 Å². The Kier molecular flexibility index (Phi) is 34.8. The van der Waals surface area contributed by atoms with Crippen LogP contribution in [0.5, 0.6) is 5.75 Å². The van der Waals surface area contributed by atoms with Gasteiger partial charge in [-0.2, -0.15) is 0 Å². The van der Waals surface area contributed by atoms with Gasteiger partial charge in [-0.25, -0.2) is 0 Å². The minimum Gasteiger partial charge on any atom is -0.491 e. The zero-order chi connectivity index (χ0) is 35.1. The number of unbranched alkanes of at least 4 members (excludes halogenated alkanes) is 6. The molecule has 0 saturated heterocycles. The summed E-state index contributed by atoms with van der Waals surface area (Å²) in [5, 5.41) is 8.59. The summed E-state index contributed by atoms with van der Waals surface area (Å²) < 4.78 is 55.1. The molecule has 0 spiro atoms. The molecular formula is C38H68O11. The van der Waals surface area contributed by atoms with Gasteiger partial charge in [-0.05, 0) is 37.5 Å². The van der Waals surface area contributed by atoms with E-state index >= 15 is 0 Å². The van der Waals surface area contributed by atoms with Gasteiger partial charge in [-0.3, -0.25) is 0 Å². The Morgan fingerprint density at radius 1 is 0.490 bits per heavy atom. The molecule has 0 atom stereocenters. The topological polar surface area (TPSA) is 113 Å². The minimum atomic E-state index is 0.0272. The minimum absolute atomic E-state index is 0.0272.